The summed E-state index contributed by atoms with van der Waals surface area (Å²) in [6, 6.07) is 8.06. The van der Waals surface area contributed by atoms with E-state index in [4.69, 9.17) is 16.3 Å². The molecule has 156 valence electrons. The molecule has 11 heteroatoms. The largest absolute Gasteiger partial charge is 0.479 e. The highest BCUT2D eigenvalue weighted by Gasteiger charge is 2.21. The third-order valence-corrected chi connectivity index (χ3v) is 6.15. The minimum Gasteiger partial charge on any atom is -0.479 e. The number of carbonyl (C=O) groups excluding carboxylic acids is 1. The predicted molar refractivity (Wildman–Crippen MR) is 109 cm³/mol. The zero-order valence-corrected chi connectivity index (χ0v) is 17.7. The normalized spacial score (nSPS) is 12.5. The number of non-ortho nitro benzene ring substituents is 1. The minimum absolute atomic E-state index is 0.00546. The fourth-order valence-corrected chi connectivity index (χ4v) is 3.43. The quantitative estimate of drug-likeness (QED) is 0.520. The lowest BCUT2D eigenvalue weighted by Crippen LogP contribution is -2.30. The number of nitrogens with zero attached hydrogens (tertiary/aromatic N) is 2. The number of hydrogen-bond donors (Lipinski definition) is 1. The van der Waals surface area contributed by atoms with Gasteiger partial charge in [-0.05, 0) is 37.6 Å². The summed E-state index contributed by atoms with van der Waals surface area (Å²) >= 11 is 5.98. The van der Waals surface area contributed by atoms with E-state index < -0.39 is 27.0 Å². The first-order chi connectivity index (χ1) is 13.4. The van der Waals surface area contributed by atoms with Gasteiger partial charge in [0.05, 0.1) is 14.8 Å². The van der Waals surface area contributed by atoms with Gasteiger partial charge in [0, 0.05) is 31.9 Å². The van der Waals surface area contributed by atoms with E-state index in [9.17, 15) is 23.3 Å². The Hall–Kier alpha value is -2.69. The molecule has 2 rings (SSSR count). The second kappa shape index (κ2) is 8.76. The van der Waals surface area contributed by atoms with Crippen LogP contribution in [0.3, 0.4) is 0 Å². The van der Waals surface area contributed by atoms with Crippen LogP contribution in [-0.2, 0) is 14.8 Å². The molecule has 0 aliphatic rings. The summed E-state index contributed by atoms with van der Waals surface area (Å²) in [5.41, 5.74) is 0.786. The lowest BCUT2D eigenvalue weighted by atomic mass is 10.2. The Kier molecular flexibility index (Phi) is 6.83. The van der Waals surface area contributed by atoms with E-state index in [1.165, 1.54) is 45.3 Å². The smallest absolute Gasteiger partial charge is 0.271 e. The van der Waals surface area contributed by atoms with Gasteiger partial charge in [-0.25, -0.2) is 12.7 Å². The summed E-state index contributed by atoms with van der Waals surface area (Å²) in [5, 5.41) is 13.4. The second-order valence-electron chi connectivity index (χ2n) is 6.39. The van der Waals surface area contributed by atoms with E-state index in [-0.39, 0.29) is 21.4 Å². The Bertz CT molecular complexity index is 1060. The van der Waals surface area contributed by atoms with Crippen LogP contribution >= 0.6 is 11.6 Å². The van der Waals surface area contributed by atoms with Crippen LogP contribution in [0.5, 0.6) is 5.75 Å². The molecule has 0 heterocycles. The van der Waals surface area contributed by atoms with Crippen LogP contribution < -0.4 is 10.1 Å². The topological polar surface area (TPSA) is 119 Å². The number of aryl methyl sites for hydroxylation is 1. The molecule has 0 bridgehead atoms. The molecule has 0 saturated heterocycles. The molecule has 1 N–H and O–H groups in total. The Morgan fingerprint density at radius 1 is 1.24 bits per heavy atom. The van der Waals surface area contributed by atoms with E-state index in [2.05, 4.69) is 5.32 Å². The summed E-state index contributed by atoms with van der Waals surface area (Å²) < 4.78 is 31.2. The number of nitrogens with one attached hydrogen (secondary N) is 1. The molecule has 0 aliphatic heterocycles. The van der Waals surface area contributed by atoms with Crippen LogP contribution in [0.25, 0.3) is 0 Å². The summed E-state index contributed by atoms with van der Waals surface area (Å²) in [6.07, 6.45) is -0.998. The molecule has 1 atom stereocenters. The maximum Gasteiger partial charge on any atom is 0.271 e. The van der Waals surface area contributed by atoms with Crippen LogP contribution in [0, 0.1) is 17.0 Å². The molecule has 0 aromatic heterocycles. The maximum atomic E-state index is 12.5. The van der Waals surface area contributed by atoms with Crippen molar-refractivity contribution >= 4 is 38.9 Å². The van der Waals surface area contributed by atoms with Gasteiger partial charge < -0.3 is 10.1 Å². The highest BCUT2D eigenvalue weighted by atomic mass is 35.5. The van der Waals surface area contributed by atoms with E-state index in [1.807, 2.05) is 0 Å². The highest BCUT2D eigenvalue weighted by molar-refractivity contribution is 7.89. The van der Waals surface area contributed by atoms with Crippen molar-refractivity contribution in [2.45, 2.75) is 24.8 Å². The summed E-state index contributed by atoms with van der Waals surface area (Å²) in [4.78, 5) is 22.7. The number of halogens is 1. The minimum atomic E-state index is -3.66. The number of nitro benzene ring substituents is 1. The fraction of sp³-hybridized carbons (Fsp3) is 0.278. The standard InChI is InChI=1S/C18H20ClN3O6S/c1-11-5-7-14(29(26,27)21(3)4)10-16(11)20-18(23)12(2)28-17-8-6-13(22(24)25)9-15(17)19/h5-10,12H,1-4H3,(H,20,23). The third kappa shape index (κ3) is 5.22. The monoisotopic (exact) mass is 441 g/mol. The number of benzene rings is 2. The van der Waals surface area contributed by atoms with Crippen LogP contribution in [0.15, 0.2) is 41.3 Å². The van der Waals surface area contributed by atoms with Crippen molar-refractivity contribution in [3.05, 3.63) is 57.1 Å². The molecular weight excluding hydrogens is 422 g/mol. The van der Waals surface area contributed by atoms with Crippen molar-refractivity contribution in [2.75, 3.05) is 19.4 Å². The lowest BCUT2D eigenvalue weighted by Gasteiger charge is -2.18. The number of anilines is 1. The van der Waals surface area contributed by atoms with E-state index in [0.29, 0.717) is 11.3 Å². The molecule has 9 nitrogen and oxygen atoms in total. The Morgan fingerprint density at radius 3 is 2.45 bits per heavy atom. The Balaban J connectivity index is 2.19. The molecule has 2 aromatic carbocycles. The molecule has 29 heavy (non-hydrogen) atoms. The molecule has 1 amide bonds. The van der Waals surface area contributed by atoms with Gasteiger partial charge in [-0.3, -0.25) is 14.9 Å². The van der Waals surface area contributed by atoms with Crippen LogP contribution in [-0.4, -0.2) is 43.8 Å². The number of rotatable bonds is 7. The van der Waals surface area contributed by atoms with Crippen molar-refractivity contribution in [1.29, 1.82) is 0 Å². The van der Waals surface area contributed by atoms with Gasteiger partial charge in [-0.2, -0.15) is 0 Å². The van der Waals surface area contributed by atoms with Crippen molar-refractivity contribution in [2.24, 2.45) is 0 Å². The average molecular weight is 442 g/mol. The van der Waals surface area contributed by atoms with Gasteiger partial charge in [0.1, 0.15) is 5.75 Å². The molecule has 0 fully saturated rings. The van der Waals surface area contributed by atoms with Crippen LogP contribution in [0.2, 0.25) is 5.02 Å². The SMILES string of the molecule is Cc1ccc(S(=O)(=O)N(C)C)cc1NC(=O)C(C)Oc1ccc([N+](=O)[O-])cc1Cl. The summed E-state index contributed by atoms with van der Waals surface area (Å²) in [5.74, 6) is -0.428. The number of hydrogen-bond acceptors (Lipinski definition) is 6. The number of nitro groups is 1. The van der Waals surface area contributed by atoms with Gasteiger partial charge in [0.15, 0.2) is 6.10 Å². The van der Waals surface area contributed by atoms with Crippen molar-refractivity contribution < 1.29 is 22.9 Å². The number of amides is 1. The molecule has 0 aliphatic carbocycles. The van der Waals surface area contributed by atoms with Gasteiger partial charge in [-0.1, -0.05) is 17.7 Å². The van der Waals surface area contributed by atoms with E-state index >= 15 is 0 Å². The first kappa shape index (κ1) is 22.6. The molecule has 0 saturated carbocycles. The Labute approximate surface area is 173 Å². The van der Waals surface area contributed by atoms with Crippen molar-refractivity contribution in [1.82, 2.24) is 4.31 Å². The number of ether oxygens (including phenoxy) is 1. The fourth-order valence-electron chi connectivity index (χ4n) is 2.28. The zero-order valence-electron chi connectivity index (χ0n) is 16.2. The zero-order chi connectivity index (χ0) is 21.9. The predicted octanol–water partition coefficient (Wildman–Crippen LogP) is 3.21. The van der Waals surface area contributed by atoms with Crippen LogP contribution in [0.1, 0.15) is 12.5 Å². The van der Waals surface area contributed by atoms with Gasteiger partial charge in [0.2, 0.25) is 10.0 Å². The third-order valence-electron chi connectivity index (χ3n) is 4.04. The molecular formula is C18H20ClN3O6S. The summed E-state index contributed by atoms with van der Waals surface area (Å²) in [7, 11) is -0.831. The van der Waals surface area contributed by atoms with E-state index in [1.54, 1.807) is 13.0 Å². The highest BCUT2D eigenvalue weighted by Crippen LogP contribution is 2.29. The molecule has 0 spiro atoms. The van der Waals surface area contributed by atoms with E-state index in [0.717, 1.165) is 10.4 Å². The summed E-state index contributed by atoms with van der Waals surface area (Å²) in [6.45, 7) is 3.20. The van der Waals surface area contributed by atoms with Gasteiger partial charge in [0.25, 0.3) is 11.6 Å². The first-order valence-electron chi connectivity index (χ1n) is 8.38. The van der Waals surface area contributed by atoms with Gasteiger partial charge in [-0.15, -0.1) is 0 Å². The first-order valence-corrected chi connectivity index (χ1v) is 10.2. The average Bonchev–Trinajstić information content (AvgIpc) is 2.64. The molecule has 1 unspecified atom stereocenters. The maximum absolute atomic E-state index is 12.5. The number of sulfonamides is 1. The van der Waals surface area contributed by atoms with Crippen molar-refractivity contribution in [3.8, 4) is 5.75 Å². The second-order valence-corrected chi connectivity index (χ2v) is 8.94. The van der Waals surface area contributed by atoms with Gasteiger partial charge >= 0.3 is 0 Å². The molecule has 2 aromatic rings. The molecule has 0 radical (unpaired) electrons. The van der Waals surface area contributed by atoms with Crippen molar-refractivity contribution in [3.63, 3.8) is 0 Å². The van der Waals surface area contributed by atoms with Crippen LogP contribution in [0.4, 0.5) is 11.4 Å². The number of carbonyl (C=O) groups is 1. The lowest BCUT2D eigenvalue weighted by molar-refractivity contribution is -0.384. The Morgan fingerprint density at radius 2 is 1.90 bits per heavy atom.